The highest BCUT2D eigenvalue weighted by Gasteiger charge is 2.51. The van der Waals surface area contributed by atoms with Gasteiger partial charge in [-0.05, 0) is 24.5 Å². The number of carbonyl (C=O) groups excluding carboxylic acids is 2. The molecule has 2 amide bonds. The Morgan fingerprint density at radius 2 is 1.91 bits per heavy atom. The van der Waals surface area contributed by atoms with Crippen LogP contribution in [0.1, 0.15) is 60.3 Å². The summed E-state index contributed by atoms with van der Waals surface area (Å²) in [5, 5.41) is 3.37. The molecule has 0 saturated heterocycles. The van der Waals surface area contributed by atoms with E-state index in [1.54, 1.807) is 11.0 Å². The fraction of sp³-hybridized carbons (Fsp3) is 0.545. The Morgan fingerprint density at radius 1 is 1.18 bits per heavy atom. The average molecular weight is 484 g/mol. The van der Waals surface area contributed by atoms with Crippen LogP contribution >= 0.6 is 0 Å². The van der Waals surface area contributed by atoms with E-state index in [9.17, 15) is 31.5 Å². The monoisotopic (exact) mass is 484 g/mol. The maximum absolute atomic E-state index is 13.4. The molecule has 2 heterocycles. The molecule has 2 aliphatic carbocycles. The predicted molar refractivity (Wildman–Crippen MR) is 107 cm³/mol. The number of benzene rings is 1. The van der Waals surface area contributed by atoms with Crippen LogP contribution in [0.4, 0.5) is 22.0 Å². The highest BCUT2D eigenvalue weighted by Crippen LogP contribution is 2.43. The van der Waals surface area contributed by atoms with Crippen molar-refractivity contribution in [3.63, 3.8) is 0 Å². The number of alkyl halides is 5. The van der Waals surface area contributed by atoms with Gasteiger partial charge in [-0.3, -0.25) is 9.59 Å². The summed E-state index contributed by atoms with van der Waals surface area (Å²) in [6.07, 6.45) is -2.02. The van der Waals surface area contributed by atoms with Crippen molar-refractivity contribution in [3.05, 3.63) is 35.2 Å². The summed E-state index contributed by atoms with van der Waals surface area (Å²) in [5.41, 5.74) is 1.21. The molecule has 1 aromatic carbocycles. The van der Waals surface area contributed by atoms with Gasteiger partial charge in [0.1, 0.15) is 0 Å². The molecule has 0 radical (unpaired) electrons. The van der Waals surface area contributed by atoms with Gasteiger partial charge < -0.3 is 14.3 Å². The van der Waals surface area contributed by atoms with Crippen LogP contribution < -0.4 is 0 Å². The molecule has 0 bridgehead atoms. The van der Waals surface area contributed by atoms with Crippen LogP contribution in [0.25, 0.3) is 11.4 Å². The lowest BCUT2D eigenvalue weighted by Gasteiger charge is -2.49. The summed E-state index contributed by atoms with van der Waals surface area (Å²) < 4.78 is 69.5. The van der Waals surface area contributed by atoms with E-state index in [-0.39, 0.29) is 48.8 Å². The molecular weight excluding hydrogens is 463 g/mol. The Kier molecular flexibility index (Phi) is 5.36. The van der Waals surface area contributed by atoms with Gasteiger partial charge in [0.2, 0.25) is 12.2 Å². The third-order valence-electron chi connectivity index (χ3n) is 6.96. The number of hydrogen-bond donors (Lipinski definition) is 0. The van der Waals surface area contributed by atoms with Gasteiger partial charge in [-0.2, -0.15) is 18.2 Å². The minimum absolute atomic E-state index is 0.208. The van der Waals surface area contributed by atoms with Crippen molar-refractivity contribution in [1.82, 2.24) is 19.9 Å². The number of amides is 2. The van der Waals surface area contributed by atoms with Gasteiger partial charge in [0, 0.05) is 36.6 Å². The van der Waals surface area contributed by atoms with E-state index in [4.69, 9.17) is 0 Å². The molecule has 34 heavy (non-hydrogen) atoms. The Labute approximate surface area is 190 Å². The number of halogens is 5. The van der Waals surface area contributed by atoms with Gasteiger partial charge in [0.05, 0.1) is 12.1 Å². The lowest BCUT2D eigenvalue weighted by atomic mass is 9.82. The molecule has 2 aromatic rings. The third-order valence-corrected chi connectivity index (χ3v) is 6.96. The van der Waals surface area contributed by atoms with Crippen molar-refractivity contribution in [3.8, 4) is 11.4 Å². The Balaban J connectivity index is 1.38. The second-order valence-corrected chi connectivity index (χ2v) is 9.12. The number of rotatable bonds is 5. The number of nitrogens with zero attached hydrogens (tertiary/aromatic N) is 4. The van der Waals surface area contributed by atoms with Crippen LogP contribution in [0.15, 0.2) is 22.7 Å². The van der Waals surface area contributed by atoms with E-state index < -0.39 is 24.0 Å². The smallest absolute Gasteiger partial charge is 0.337 e. The first-order valence-electron chi connectivity index (χ1n) is 11.0. The normalized spacial score (nSPS) is 24.6. The molecule has 0 spiro atoms. The second kappa shape index (κ2) is 8.02. The molecule has 1 aromatic heterocycles. The zero-order valence-electron chi connectivity index (χ0n) is 17.9. The molecule has 7 nitrogen and oxygen atoms in total. The number of aromatic nitrogens is 2. The topological polar surface area (TPSA) is 79.5 Å². The highest BCUT2D eigenvalue weighted by atomic mass is 19.4. The van der Waals surface area contributed by atoms with Crippen molar-refractivity contribution >= 4 is 12.3 Å². The molecule has 5 rings (SSSR count). The second-order valence-electron chi connectivity index (χ2n) is 9.12. The molecular formula is C22H21F5N4O3. The van der Waals surface area contributed by atoms with E-state index in [0.29, 0.717) is 30.4 Å². The van der Waals surface area contributed by atoms with Crippen molar-refractivity contribution < 1.29 is 36.1 Å². The van der Waals surface area contributed by atoms with Crippen molar-refractivity contribution in [2.45, 2.75) is 75.3 Å². The zero-order chi connectivity index (χ0) is 24.3. The Bertz CT molecular complexity index is 1110. The quantitative estimate of drug-likeness (QED) is 0.468. The third kappa shape index (κ3) is 3.92. The molecule has 1 aliphatic heterocycles. The minimum Gasteiger partial charge on any atom is -0.337 e. The van der Waals surface area contributed by atoms with E-state index in [2.05, 4.69) is 14.7 Å². The summed E-state index contributed by atoms with van der Waals surface area (Å²) in [6, 6.07) is 3.34. The van der Waals surface area contributed by atoms with Gasteiger partial charge in [0.25, 0.3) is 11.8 Å². The van der Waals surface area contributed by atoms with Gasteiger partial charge in [-0.1, -0.05) is 30.1 Å². The minimum atomic E-state index is -4.78. The van der Waals surface area contributed by atoms with Crippen molar-refractivity contribution in [1.29, 1.82) is 0 Å². The maximum Gasteiger partial charge on any atom is 0.471 e. The van der Waals surface area contributed by atoms with Crippen LogP contribution in [-0.2, 0) is 17.5 Å². The standard InChI is InChI=1S/C22H21F5N4O3/c23-21(24)8-14(9-21)31(11-32)17-4-2-1-3-16(17)30-10-13-6-5-12(7-15(13)19(30)33)18-28-20(34-29-18)22(25,26)27/h5-7,11,14,16-17H,1-4,8-10H2/t16-,17-/m1/s1. The van der Waals surface area contributed by atoms with Gasteiger partial charge in [-0.15, -0.1) is 0 Å². The molecule has 2 fully saturated rings. The first-order chi connectivity index (χ1) is 16.1. The number of fused-ring (bicyclic) bond motifs is 1. The molecule has 12 heteroatoms. The largest absolute Gasteiger partial charge is 0.471 e. The molecule has 2 saturated carbocycles. The van der Waals surface area contributed by atoms with Crippen LogP contribution in [-0.4, -0.2) is 56.3 Å². The van der Waals surface area contributed by atoms with E-state index in [1.807, 2.05) is 0 Å². The summed E-state index contributed by atoms with van der Waals surface area (Å²) in [5.74, 6) is -4.85. The van der Waals surface area contributed by atoms with Crippen LogP contribution in [0.5, 0.6) is 0 Å². The average Bonchev–Trinajstić information content (AvgIpc) is 3.39. The molecule has 2 atom stereocenters. The Hall–Kier alpha value is -3.05. The van der Waals surface area contributed by atoms with Gasteiger partial charge in [0.15, 0.2) is 0 Å². The summed E-state index contributed by atoms with van der Waals surface area (Å²) >= 11 is 0. The zero-order valence-corrected chi connectivity index (χ0v) is 17.9. The lowest BCUT2D eigenvalue weighted by Crippen LogP contribution is -2.60. The summed E-state index contributed by atoms with van der Waals surface area (Å²) in [4.78, 5) is 31.6. The van der Waals surface area contributed by atoms with Crippen molar-refractivity contribution in [2.24, 2.45) is 0 Å². The van der Waals surface area contributed by atoms with Crippen LogP contribution in [0.3, 0.4) is 0 Å². The number of carbonyl (C=O) groups is 2. The summed E-state index contributed by atoms with van der Waals surface area (Å²) in [6.45, 7) is 0.267. The predicted octanol–water partition coefficient (Wildman–Crippen LogP) is 4.28. The first kappa shape index (κ1) is 22.7. The Morgan fingerprint density at radius 3 is 2.56 bits per heavy atom. The van der Waals surface area contributed by atoms with Gasteiger partial charge >= 0.3 is 12.1 Å². The van der Waals surface area contributed by atoms with E-state index in [0.717, 1.165) is 12.8 Å². The van der Waals surface area contributed by atoms with E-state index in [1.165, 1.54) is 17.0 Å². The molecule has 182 valence electrons. The first-order valence-corrected chi connectivity index (χ1v) is 11.0. The maximum atomic E-state index is 13.4. The SMILES string of the molecule is O=CN(C1CC(F)(F)C1)[C@@H]1CCCC[C@H]1N1Cc2ccc(-c3noc(C(F)(F)F)n3)cc2C1=O. The summed E-state index contributed by atoms with van der Waals surface area (Å²) in [7, 11) is 0. The molecule has 0 unspecified atom stereocenters. The highest BCUT2D eigenvalue weighted by molar-refractivity contribution is 5.99. The fourth-order valence-electron chi connectivity index (χ4n) is 5.26. The molecule has 0 N–H and O–H groups in total. The van der Waals surface area contributed by atoms with Crippen LogP contribution in [0.2, 0.25) is 0 Å². The fourth-order valence-corrected chi connectivity index (χ4v) is 5.26. The van der Waals surface area contributed by atoms with Crippen LogP contribution in [0, 0.1) is 0 Å². The number of hydrogen-bond acceptors (Lipinski definition) is 5. The van der Waals surface area contributed by atoms with Gasteiger partial charge in [-0.25, -0.2) is 8.78 Å². The van der Waals surface area contributed by atoms with E-state index >= 15 is 0 Å². The lowest BCUT2D eigenvalue weighted by molar-refractivity contribution is -0.159. The molecule has 3 aliphatic rings. The van der Waals surface area contributed by atoms with Crippen molar-refractivity contribution in [2.75, 3.05) is 0 Å².